The van der Waals surface area contributed by atoms with Gasteiger partial charge in [-0.2, -0.15) is 5.26 Å². The van der Waals surface area contributed by atoms with Crippen LogP contribution >= 0.6 is 11.3 Å². The van der Waals surface area contributed by atoms with Crippen LogP contribution in [0.4, 0.5) is 0 Å². The molecule has 1 aromatic carbocycles. The summed E-state index contributed by atoms with van der Waals surface area (Å²) in [5.74, 6) is 1.39. The van der Waals surface area contributed by atoms with Crippen LogP contribution < -0.4 is 4.74 Å². The van der Waals surface area contributed by atoms with E-state index in [9.17, 15) is 5.26 Å². The van der Waals surface area contributed by atoms with Crippen molar-refractivity contribution < 1.29 is 9.15 Å². The molecule has 0 saturated heterocycles. The van der Waals surface area contributed by atoms with E-state index in [2.05, 4.69) is 11.1 Å². The van der Waals surface area contributed by atoms with Crippen LogP contribution in [0.2, 0.25) is 0 Å². The van der Waals surface area contributed by atoms with Crippen LogP contribution in [0.15, 0.2) is 52.5 Å². The van der Waals surface area contributed by atoms with Crippen molar-refractivity contribution in [2.45, 2.75) is 0 Å². The number of nitrogens with zero attached hydrogens (tertiary/aromatic N) is 2. The molecular weight excluding hydrogens is 296 g/mol. The lowest BCUT2D eigenvalue weighted by Gasteiger charge is -2.04. The van der Waals surface area contributed by atoms with Crippen molar-refractivity contribution >= 4 is 23.0 Å². The molecule has 0 aliphatic rings. The predicted molar refractivity (Wildman–Crippen MR) is 86.3 cm³/mol. The molecule has 108 valence electrons. The monoisotopic (exact) mass is 308 g/mol. The second-order valence-corrected chi connectivity index (χ2v) is 5.28. The molecule has 2 aromatic heterocycles. The first kappa shape index (κ1) is 14.1. The van der Waals surface area contributed by atoms with Crippen LogP contribution in [0.3, 0.4) is 0 Å². The van der Waals surface area contributed by atoms with Crippen LogP contribution in [0.25, 0.3) is 22.9 Å². The van der Waals surface area contributed by atoms with E-state index in [0.29, 0.717) is 16.3 Å². The van der Waals surface area contributed by atoms with Gasteiger partial charge in [0.1, 0.15) is 22.6 Å². The number of hydrogen-bond donors (Lipinski definition) is 0. The molecule has 0 bridgehead atoms. The van der Waals surface area contributed by atoms with Gasteiger partial charge in [0.25, 0.3) is 0 Å². The lowest BCUT2D eigenvalue weighted by molar-refractivity contribution is 0.416. The molecule has 0 amide bonds. The molecule has 0 aliphatic carbocycles. The summed E-state index contributed by atoms with van der Waals surface area (Å²) in [7, 11) is 1.63. The van der Waals surface area contributed by atoms with E-state index >= 15 is 0 Å². The molecule has 5 heteroatoms. The van der Waals surface area contributed by atoms with Crippen molar-refractivity contribution in [3.63, 3.8) is 0 Å². The number of allylic oxidation sites excluding steroid dienone is 1. The molecule has 0 fully saturated rings. The second kappa shape index (κ2) is 6.29. The van der Waals surface area contributed by atoms with E-state index in [1.165, 1.54) is 11.3 Å². The number of aromatic nitrogens is 1. The van der Waals surface area contributed by atoms with Crippen molar-refractivity contribution in [1.29, 1.82) is 5.26 Å². The van der Waals surface area contributed by atoms with E-state index < -0.39 is 0 Å². The second-order valence-electron chi connectivity index (χ2n) is 4.42. The molecular formula is C17H12N2O2S. The van der Waals surface area contributed by atoms with E-state index in [1.54, 1.807) is 31.6 Å². The summed E-state index contributed by atoms with van der Waals surface area (Å²) in [5.41, 5.74) is 2.17. The minimum Gasteiger partial charge on any atom is -0.496 e. The van der Waals surface area contributed by atoms with Crippen LogP contribution in [0.5, 0.6) is 5.75 Å². The third-order valence-corrected chi connectivity index (χ3v) is 3.94. The Balaban J connectivity index is 1.98. The number of para-hydroxylation sites is 1. The summed E-state index contributed by atoms with van der Waals surface area (Å²) in [6.45, 7) is 0. The fourth-order valence-corrected chi connectivity index (χ4v) is 2.82. The molecule has 0 radical (unpaired) electrons. The number of ether oxygens (including phenoxy) is 1. The highest BCUT2D eigenvalue weighted by atomic mass is 32.1. The third kappa shape index (κ3) is 2.78. The quantitative estimate of drug-likeness (QED) is 0.667. The first-order valence-electron chi connectivity index (χ1n) is 6.56. The van der Waals surface area contributed by atoms with Crippen molar-refractivity contribution in [2.24, 2.45) is 0 Å². The van der Waals surface area contributed by atoms with Crippen molar-refractivity contribution in [2.75, 3.05) is 7.11 Å². The van der Waals surface area contributed by atoms with E-state index in [-0.39, 0.29) is 0 Å². The Morgan fingerprint density at radius 2 is 2.18 bits per heavy atom. The lowest BCUT2D eigenvalue weighted by Crippen LogP contribution is -1.88. The molecule has 0 unspecified atom stereocenters. The zero-order valence-corrected chi connectivity index (χ0v) is 12.6. The number of methoxy groups -OCH3 is 1. The highest BCUT2D eigenvalue weighted by Crippen LogP contribution is 2.32. The molecule has 0 N–H and O–H groups in total. The maximum absolute atomic E-state index is 9.34. The fourth-order valence-electron chi connectivity index (χ4n) is 2.03. The van der Waals surface area contributed by atoms with Gasteiger partial charge in [-0.15, -0.1) is 11.3 Å². The van der Waals surface area contributed by atoms with Crippen LogP contribution in [-0.2, 0) is 0 Å². The molecule has 0 aliphatic heterocycles. The van der Waals surface area contributed by atoms with E-state index in [4.69, 9.17) is 9.15 Å². The molecule has 2 heterocycles. The van der Waals surface area contributed by atoms with Gasteiger partial charge in [0, 0.05) is 17.0 Å². The molecule has 3 aromatic rings. The summed E-state index contributed by atoms with van der Waals surface area (Å²) in [6.07, 6.45) is 3.26. The summed E-state index contributed by atoms with van der Waals surface area (Å²) >= 11 is 1.42. The van der Waals surface area contributed by atoms with Gasteiger partial charge in [-0.25, -0.2) is 4.98 Å². The fraction of sp³-hybridized carbons (Fsp3) is 0.0588. The first-order chi connectivity index (χ1) is 10.8. The number of rotatable bonds is 4. The van der Waals surface area contributed by atoms with E-state index in [0.717, 1.165) is 17.0 Å². The number of benzene rings is 1. The van der Waals surface area contributed by atoms with Gasteiger partial charge in [-0.3, -0.25) is 0 Å². The summed E-state index contributed by atoms with van der Waals surface area (Å²) in [5, 5.41) is 11.9. The number of furan rings is 1. The average Bonchev–Trinajstić information content (AvgIpc) is 3.24. The zero-order chi connectivity index (χ0) is 15.4. The molecule has 4 nitrogen and oxygen atoms in total. The number of hydrogen-bond acceptors (Lipinski definition) is 5. The van der Waals surface area contributed by atoms with Crippen molar-refractivity contribution in [3.8, 4) is 23.1 Å². The summed E-state index contributed by atoms with van der Waals surface area (Å²) in [4.78, 5) is 4.55. The van der Waals surface area contributed by atoms with Gasteiger partial charge in [0.2, 0.25) is 0 Å². The van der Waals surface area contributed by atoms with E-state index in [1.807, 2.05) is 29.6 Å². The smallest absolute Gasteiger partial charge is 0.134 e. The van der Waals surface area contributed by atoms with Gasteiger partial charge in [-0.05, 0) is 24.3 Å². The minimum atomic E-state index is 0.473. The van der Waals surface area contributed by atoms with Gasteiger partial charge >= 0.3 is 0 Å². The van der Waals surface area contributed by atoms with Gasteiger partial charge in [0.15, 0.2) is 0 Å². The molecule has 0 atom stereocenters. The average molecular weight is 308 g/mol. The van der Waals surface area contributed by atoms with Crippen molar-refractivity contribution in [3.05, 3.63) is 58.8 Å². The Morgan fingerprint density at radius 1 is 1.32 bits per heavy atom. The Kier molecular flexibility index (Phi) is 4.03. The Labute approximate surface area is 131 Å². The SMILES string of the molecule is COc1ccccc1-c1csc(/C(C#N)=C/c2ccco2)n1. The largest absolute Gasteiger partial charge is 0.496 e. The maximum atomic E-state index is 9.34. The Morgan fingerprint density at radius 3 is 2.91 bits per heavy atom. The number of nitriles is 1. The number of thiazole rings is 1. The highest BCUT2D eigenvalue weighted by molar-refractivity contribution is 7.11. The van der Waals surface area contributed by atoms with Crippen LogP contribution in [0.1, 0.15) is 10.8 Å². The van der Waals surface area contributed by atoms with Gasteiger partial charge < -0.3 is 9.15 Å². The molecule has 22 heavy (non-hydrogen) atoms. The maximum Gasteiger partial charge on any atom is 0.134 e. The zero-order valence-electron chi connectivity index (χ0n) is 11.8. The van der Waals surface area contributed by atoms with Crippen LogP contribution in [-0.4, -0.2) is 12.1 Å². The summed E-state index contributed by atoms with van der Waals surface area (Å²) in [6, 6.07) is 13.4. The first-order valence-corrected chi connectivity index (χ1v) is 7.44. The Hall–Kier alpha value is -2.84. The Bertz CT molecular complexity index is 842. The normalized spacial score (nSPS) is 11.2. The minimum absolute atomic E-state index is 0.473. The van der Waals surface area contributed by atoms with Crippen LogP contribution in [0, 0.1) is 11.3 Å². The standard InChI is InChI=1S/C17H12N2O2S/c1-20-16-7-3-2-6-14(16)15-11-22-17(19-15)12(10-18)9-13-5-4-8-21-13/h2-9,11H,1H3/b12-9+. The molecule has 0 saturated carbocycles. The third-order valence-electron chi connectivity index (χ3n) is 3.07. The van der Waals surface area contributed by atoms with Gasteiger partial charge in [-0.1, -0.05) is 12.1 Å². The predicted octanol–water partition coefficient (Wildman–Crippen LogP) is 4.48. The van der Waals surface area contributed by atoms with Gasteiger partial charge in [0.05, 0.1) is 24.6 Å². The molecule has 3 rings (SSSR count). The topological polar surface area (TPSA) is 59.0 Å². The highest BCUT2D eigenvalue weighted by Gasteiger charge is 2.12. The molecule has 0 spiro atoms. The lowest BCUT2D eigenvalue weighted by atomic mass is 10.1. The summed E-state index contributed by atoms with van der Waals surface area (Å²) < 4.78 is 10.6. The van der Waals surface area contributed by atoms with Crippen molar-refractivity contribution in [1.82, 2.24) is 4.98 Å².